The van der Waals surface area contributed by atoms with Crippen LogP contribution in [0.2, 0.25) is 0 Å². The molecule has 1 aromatic heterocycles. The molecular formula is C13H15N3O. The zero-order valence-corrected chi connectivity index (χ0v) is 9.47. The summed E-state index contributed by atoms with van der Waals surface area (Å²) >= 11 is 0. The molecule has 0 bridgehead atoms. The number of carbonyl (C=O) groups is 1. The van der Waals surface area contributed by atoms with Gasteiger partial charge in [0.1, 0.15) is 0 Å². The van der Waals surface area contributed by atoms with Gasteiger partial charge in [0.15, 0.2) is 0 Å². The van der Waals surface area contributed by atoms with E-state index in [0.717, 1.165) is 5.69 Å². The van der Waals surface area contributed by atoms with E-state index < -0.39 is 0 Å². The molecule has 4 heteroatoms. The second kappa shape index (κ2) is 5.32. The van der Waals surface area contributed by atoms with Crippen LogP contribution in [0.3, 0.4) is 0 Å². The van der Waals surface area contributed by atoms with Crippen LogP contribution in [0.1, 0.15) is 10.4 Å². The third kappa shape index (κ3) is 2.73. The summed E-state index contributed by atoms with van der Waals surface area (Å²) in [6, 6.07) is 11.4. The Labute approximate surface area is 100 Å². The SMILES string of the molecule is NCCNC(=O)c1ccc(-n2cccc2)cc1. The van der Waals surface area contributed by atoms with Crippen LogP contribution in [-0.2, 0) is 0 Å². The molecule has 88 valence electrons. The van der Waals surface area contributed by atoms with Gasteiger partial charge in [0.25, 0.3) is 5.91 Å². The average molecular weight is 229 g/mol. The summed E-state index contributed by atoms with van der Waals surface area (Å²) in [5.74, 6) is -0.0884. The summed E-state index contributed by atoms with van der Waals surface area (Å²) in [5, 5.41) is 2.73. The predicted molar refractivity (Wildman–Crippen MR) is 67.2 cm³/mol. The average Bonchev–Trinajstić information content (AvgIpc) is 2.90. The van der Waals surface area contributed by atoms with Crippen LogP contribution < -0.4 is 11.1 Å². The normalized spacial score (nSPS) is 10.2. The van der Waals surface area contributed by atoms with Gasteiger partial charge in [0.05, 0.1) is 0 Å². The first kappa shape index (κ1) is 11.4. The molecule has 0 aliphatic heterocycles. The molecule has 0 saturated carbocycles. The minimum atomic E-state index is -0.0884. The summed E-state index contributed by atoms with van der Waals surface area (Å²) in [5.41, 5.74) is 7.01. The Hall–Kier alpha value is -2.07. The highest BCUT2D eigenvalue weighted by molar-refractivity contribution is 5.94. The molecular weight excluding hydrogens is 214 g/mol. The van der Waals surface area contributed by atoms with Gasteiger partial charge in [-0.05, 0) is 36.4 Å². The fourth-order valence-corrected chi connectivity index (χ4v) is 1.58. The predicted octanol–water partition coefficient (Wildman–Crippen LogP) is 1.17. The number of hydrogen-bond acceptors (Lipinski definition) is 2. The monoisotopic (exact) mass is 229 g/mol. The Balaban J connectivity index is 2.10. The first-order chi connectivity index (χ1) is 8.31. The molecule has 0 aliphatic carbocycles. The van der Waals surface area contributed by atoms with E-state index >= 15 is 0 Å². The van der Waals surface area contributed by atoms with Crippen molar-refractivity contribution in [3.63, 3.8) is 0 Å². The molecule has 1 aromatic carbocycles. The summed E-state index contributed by atoms with van der Waals surface area (Å²) in [7, 11) is 0. The second-order valence-electron chi connectivity index (χ2n) is 3.68. The second-order valence-corrected chi connectivity index (χ2v) is 3.68. The van der Waals surface area contributed by atoms with Crippen LogP contribution in [0.4, 0.5) is 0 Å². The minimum absolute atomic E-state index is 0.0884. The largest absolute Gasteiger partial charge is 0.351 e. The Morgan fingerprint density at radius 1 is 1.18 bits per heavy atom. The maximum atomic E-state index is 11.6. The van der Waals surface area contributed by atoms with E-state index in [4.69, 9.17) is 5.73 Å². The Kier molecular flexibility index (Phi) is 3.57. The molecule has 2 aromatic rings. The summed E-state index contributed by atoms with van der Waals surface area (Å²) in [4.78, 5) is 11.6. The van der Waals surface area contributed by atoms with E-state index in [1.807, 2.05) is 41.2 Å². The lowest BCUT2D eigenvalue weighted by Crippen LogP contribution is -2.28. The van der Waals surface area contributed by atoms with Crippen LogP contribution in [0.25, 0.3) is 5.69 Å². The number of amides is 1. The van der Waals surface area contributed by atoms with E-state index in [0.29, 0.717) is 18.7 Å². The van der Waals surface area contributed by atoms with Gasteiger partial charge in [-0.15, -0.1) is 0 Å². The van der Waals surface area contributed by atoms with Crippen LogP contribution >= 0.6 is 0 Å². The van der Waals surface area contributed by atoms with Gasteiger partial charge < -0.3 is 15.6 Å². The Morgan fingerprint density at radius 2 is 1.82 bits per heavy atom. The lowest BCUT2D eigenvalue weighted by atomic mass is 10.2. The molecule has 0 spiro atoms. The maximum Gasteiger partial charge on any atom is 0.251 e. The van der Waals surface area contributed by atoms with Crippen molar-refractivity contribution >= 4 is 5.91 Å². The van der Waals surface area contributed by atoms with Crippen molar-refractivity contribution in [3.05, 3.63) is 54.4 Å². The number of aromatic nitrogens is 1. The van der Waals surface area contributed by atoms with Gasteiger partial charge >= 0.3 is 0 Å². The van der Waals surface area contributed by atoms with Crippen molar-refractivity contribution in [2.45, 2.75) is 0 Å². The number of benzene rings is 1. The van der Waals surface area contributed by atoms with E-state index in [1.54, 1.807) is 12.1 Å². The number of hydrogen-bond donors (Lipinski definition) is 2. The molecule has 1 heterocycles. The minimum Gasteiger partial charge on any atom is -0.351 e. The number of nitrogens with zero attached hydrogens (tertiary/aromatic N) is 1. The van der Waals surface area contributed by atoms with Crippen LogP contribution in [0.15, 0.2) is 48.8 Å². The van der Waals surface area contributed by atoms with Crippen LogP contribution in [0, 0.1) is 0 Å². The van der Waals surface area contributed by atoms with E-state index in [9.17, 15) is 4.79 Å². The van der Waals surface area contributed by atoms with Gasteiger partial charge in [0, 0.05) is 36.7 Å². The molecule has 0 saturated heterocycles. The smallest absolute Gasteiger partial charge is 0.251 e. The molecule has 0 atom stereocenters. The number of rotatable bonds is 4. The first-order valence-electron chi connectivity index (χ1n) is 5.53. The van der Waals surface area contributed by atoms with Gasteiger partial charge in [-0.1, -0.05) is 0 Å². The molecule has 0 aliphatic rings. The summed E-state index contributed by atoms with van der Waals surface area (Å²) < 4.78 is 1.99. The molecule has 2 rings (SSSR count). The molecule has 0 radical (unpaired) electrons. The molecule has 3 N–H and O–H groups in total. The van der Waals surface area contributed by atoms with E-state index in [1.165, 1.54) is 0 Å². The van der Waals surface area contributed by atoms with Crippen molar-refractivity contribution in [3.8, 4) is 5.69 Å². The zero-order valence-electron chi connectivity index (χ0n) is 9.47. The van der Waals surface area contributed by atoms with E-state index in [2.05, 4.69) is 5.32 Å². The molecule has 4 nitrogen and oxygen atoms in total. The highest BCUT2D eigenvalue weighted by Gasteiger charge is 2.04. The van der Waals surface area contributed by atoms with Gasteiger partial charge in [0.2, 0.25) is 0 Å². The third-order valence-corrected chi connectivity index (χ3v) is 2.46. The van der Waals surface area contributed by atoms with Crippen molar-refractivity contribution < 1.29 is 4.79 Å². The van der Waals surface area contributed by atoms with Gasteiger partial charge in [-0.3, -0.25) is 4.79 Å². The van der Waals surface area contributed by atoms with Crippen molar-refractivity contribution in [2.75, 3.05) is 13.1 Å². The van der Waals surface area contributed by atoms with E-state index in [-0.39, 0.29) is 5.91 Å². The van der Waals surface area contributed by atoms with Crippen molar-refractivity contribution in [1.82, 2.24) is 9.88 Å². The fourth-order valence-electron chi connectivity index (χ4n) is 1.58. The standard InChI is InChI=1S/C13H15N3O/c14-7-8-15-13(17)11-3-5-12(6-4-11)16-9-1-2-10-16/h1-6,9-10H,7-8,14H2,(H,15,17). The first-order valence-corrected chi connectivity index (χ1v) is 5.53. The number of nitrogens with one attached hydrogen (secondary N) is 1. The third-order valence-electron chi connectivity index (χ3n) is 2.46. The van der Waals surface area contributed by atoms with Crippen LogP contribution in [0.5, 0.6) is 0 Å². The molecule has 17 heavy (non-hydrogen) atoms. The van der Waals surface area contributed by atoms with Crippen molar-refractivity contribution in [2.24, 2.45) is 5.73 Å². The molecule has 0 unspecified atom stereocenters. The topological polar surface area (TPSA) is 60.0 Å². The Morgan fingerprint density at radius 3 is 2.41 bits per heavy atom. The van der Waals surface area contributed by atoms with Crippen molar-refractivity contribution in [1.29, 1.82) is 0 Å². The fraction of sp³-hybridized carbons (Fsp3) is 0.154. The number of carbonyl (C=O) groups excluding carboxylic acids is 1. The highest BCUT2D eigenvalue weighted by Crippen LogP contribution is 2.09. The maximum absolute atomic E-state index is 11.6. The van der Waals surface area contributed by atoms with Crippen LogP contribution in [-0.4, -0.2) is 23.6 Å². The summed E-state index contributed by atoms with van der Waals surface area (Å²) in [6.45, 7) is 0.950. The quantitative estimate of drug-likeness (QED) is 0.826. The zero-order chi connectivity index (χ0) is 12.1. The lowest BCUT2D eigenvalue weighted by molar-refractivity contribution is 0.0955. The lowest BCUT2D eigenvalue weighted by Gasteiger charge is -2.06. The summed E-state index contributed by atoms with van der Waals surface area (Å²) in [6.07, 6.45) is 3.92. The molecule has 1 amide bonds. The Bertz CT molecular complexity index is 474. The highest BCUT2D eigenvalue weighted by atomic mass is 16.1. The number of nitrogens with two attached hydrogens (primary N) is 1. The molecule has 0 fully saturated rings. The van der Waals surface area contributed by atoms with Gasteiger partial charge in [-0.2, -0.15) is 0 Å². The van der Waals surface area contributed by atoms with Gasteiger partial charge in [-0.25, -0.2) is 0 Å².